The van der Waals surface area contributed by atoms with Crippen LogP contribution < -0.4 is 15.5 Å². The molecule has 1 aromatic carbocycles. The molecule has 3 aromatic rings. The summed E-state index contributed by atoms with van der Waals surface area (Å²) in [5, 5.41) is 5.08. The zero-order chi connectivity index (χ0) is 30.8. The molecule has 43 heavy (non-hydrogen) atoms. The van der Waals surface area contributed by atoms with Crippen LogP contribution in [0.1, 0.15) is 35.2 Å². The lowest BCUT2D eigenvalue weighted by atomic mass is 9.97. The smallest absolute Gasteiger partial charge is 0.341 e. The van der Waals surface area contributed by atoms with Gasteiger partial charge in [0.15, 0.2) is 0 Å². The van der Waals surface area contributed by atoms with Crippen molar-refractivity contribution in [3.63, 3.8) is 0 Å². The fourth-order valence-corrected chi connectivity index (χ4v) is 5.48. The van der Waals surface area contributed by atoms with Gasteiger partial charge in [-0.25, -0.2) is 9.97 Å². The van der Waals surface area contributed by atoms with Gasteiger partial charge in [0.2, 0.25) is 5.95 Å². The number of thioether (sulfide) groups is 1. The monoisotopic (exact) mass is 622 g/mol. The molecule has 0 unspecified atom stereocenters. The van der Waals surface area contributed by atoms with Gasteiger partial charge in [-0.1, -0.05) is 6.07 Å². The maximum Gasteiger partial charge on any atom is 0.417 e. The van der Waals surface area contributed by atoms with Gasteiger partial charge in [0.1, 0.15) is 0 Å². The summed E-state index contributed by atoms with van der Waals surface area (Å²) in [5.41, 5.74) is -2.10. The molecule has 15 heteroatoms. The fraction of sp³-hybridized carbons (Fsp3) is 0.321. The molecule has 0 saturated carbocycles. The van der Waals surface area contributed by atoms with Crippen LogP contribution >= 0.6 is 11.8 Å². The van der Waals surface area contributed by atoms with E-state index >= 15 is 0 Å². The molecule has 2 aromatic heterocycles. The zero-order valence-corrected chi connectivity index (χ0v) is 23.1. The van der Waals surface area contributed by atoms with Crippen molar-refractivity contribution in [1.29, 1.82) is 0 Å². The van der Waals surface area contributed by atoms with E-state index in [0.29, 0.717) is 55.4 Å². The summed E-state index contributed by atoms with van der Waals surface area (Å²) in [6, 6.07) is 6.27. The standard InChI is InChI=1S/C28H24F6N6O2S/c29-27(30,31)18-1-2-20(21(12-18)28(32,33)34)22-11-17(3-7-36-22)15-35-14-16-5-9-40(10-6-16)25-37-8-4-19(38-25)13-23-24(41)39-26(42)43-23/h1-4,7-8,11-13,16,35H,5-6,9-10,14-15H2,(H,39,41,42)/b23-13-. The number of pyridine rings is 1. The van der Waals surface area contributed by atoms with Crippen molar-refractivity contribution in [1.82, 2.24) is 25.6 Å². The minimum Gasteiger partial charge on any atom is -0.341 e. The molecule has 8 nitrogen and oxygen atoms in total. The van der Waals surface area contributed by atoms with Crippen molar-refractivity contribution < 1.29 is 35.9 Å². The lowest BCUT2D eigenvalue weighted by molar-refractivity contribution is -0.142. The second kappa shape index (κ2) is 12.3. The normalized spacial score (nSPS) is 17.5. The van der Waals surface area contributed by atoms with Crippen molar-refractivity contribution in [2.75, 3.05) is 24.5 Å². The number of carbonyl (C=O) groups excluding carboxylic acids is 2. The highest BCUT2D eigenvalue weighted by atomic mass is 32.2. The Kier molecular flexibility index (Phi) is 8.74. The van der Waals surface area contributed by atoms with Crippen LogP contribution in [0.3, 0.4) is 0 Å². The molecule has 0 aliphatic carbocycles. The molecule has 4 heterocycles. The molecule has 2 aliphatic heterocycles. The van der Waals surface area contributed by atoms with E-state index in [-0.39, 0.29) is 16.7 Å². The average molecular weight is 623 g/mol. The highest BCUT2D eigenvalue weighted by molar-refractivity contribution is 8.18. The first-order valence-corrected chi connectivity index (χ1v) is 14.0. The van der Waals surface area contributed by atoms with Crippen LogP contribution in [0, 0.1) is 5.92 Å². The minimum absolute atomic E-state index is 0.0645. The topological polar surface area (TPSA) is 100 Å². The predicted molar refractivity (Wildman–Crippen MR) is 147 cm³/mol. The van der Waals surface area contributed by atoms with Gasteiger partial charge in [-0.05, 0) is 79.0 Å². The van der Waals surface area contributed by atoms with E-state index in [1.54, 1.807) is 24.4 Å². The number of halogens is 6. The van der Waals surface area contributed by atoms with E-state index in [1.165, 1.54) is 12.3 Å². The third-order valence-electron chi connectivity index (χ3n) is 7.00. The molecule has 0 bridgehead atoms. The van der Waals surface area contributed by atoms with Crippen LogP contribution in [0.25, 0.3) is 17.3 Å². The molecule has 2 N–H and O–H groups in total. The zero-order valence-electron chi connectivity index (χ0n) is 22.3. The van der Waals surface area contributed by atoms with Crippen LogP contribution in [-0.4, -0.2) is 45.7 Å². The molecule has 2 fully saturated rings. The van der Waals surface area contributed by atoms with Crippen molar-refractivity contribution in [3.8, 4) is 11.3 Å². The first kappa shape index (κ1) is 30.5. The number of alkyl halides is 6. The second-order valence-electron chi connectivity index (χ2n) is 10.0. The van der Waals surface area contributed by atoms with Gasteiger partial charge in [0, 0.05) is 37.6 Å². The molecule has 0 radical (unpaired) electrons. The SMILES string of the molecule is O=C1NC(=O)/C(=C/c2ccnc(N3CCC(CNCc4ccnc(-c5ccc(C(F)(F)F)cc5C(F)(F)F)c4)CC3)n2)S1. The second-order valence-corrected chi connectivity index (χ2v) is 11.0. The molecule has 2 saturated heterocycles. The van der Waals surface area contributed by atoms with Crippen molar-refractivity contribution in [2.24, 2.45) is 5.92 Å². The van der Waals surface area contributed by atoms with Crippen LogP contribution in [0.2, 0.25) is 0 Å². The van der Waals surface area contributed by atoms with Gasteiger partial charge in [-0.15, -0.1) is 0 Å². The largest absolute Gasteiger partial charge is 0.417 e. The number of benzene rings is 1. The van der Waals surface area contributed by atoms with Gasteiger partial charge in [-0.2, -0.15) is 26.3 Å². The maximum absolute atomic E-state index is 13.6. The number of anilines is 1. The van der Waals surface area contributed by atoms with E-state index in [4.69, 9.17) is 0 Å². The third-order valence-corrected chi connectivity index (χ3v) is 7.81. The highest BCUT2D eigenvalue weighted by Crippen LogP contribution is 2.40. The quantitative estimate of drug-likeness (QED) is 0.248. The lowest BCUT2D eigenvalue weighted by Gasteiger charge is -2.32. The molecule has 226 valence electrons. The number of nitrogens with zero attached hydrogens (tertiary/aromatic N) is 4. The molecule has 2 amide bonds. The summed E-state index contributed by atoms with van der Waals surface area (Å²) in [4.78, 5) is 38.3. The molecular weight excluding hydrogens is 598 g/mol. The summed E-state index contributed by atoms with van der Waals surface area (Å²) in [6.45, 7) is 2.36. The highest BCUT2D eigenvalue weighted by Gasteiger charge is 2.38. The summed E-state index contributed by atoms with van der Waals surface area (Å²) in [5.74, 6) is 0.373. The van der Waals surface area contributed by atoms with Crippen LogP contribution in [0.15, 0.2) is 53.7 Å². The van der Waals surface area contributed by atoms with E-state index in [9.17, 15) is 35.9 Å². The Morgan fingerprint density at radius 3 is 2.40 bits per heavy atom. The first-order chi connectivity index (χ1) is 20.4. The maximum atomic E-state index is 13.6. The molecule has 2 aliphatic rings. The number of rotatable bonds is 7. The number of nitrogens with one attached hydrogen (secondary N) is 2. The van der Waals surface area contributed by atoms with Gasteiger partial charge < -0.3 is 10.2 Å². The van der Waals surface area contributed by atoms with Crippen molar-refractivity contribution in [2.45, 2.75) is 31.7 Å². The van der Waals surface area contributed by atoms with E-state index in [1.807, 2.05) is 4.90 Å². The van der Waals surface area contributed by atoms with Crippen molar-refractivity contribution in [3.05, 3.63) is 76.1 Å². The molecule has 0 spiro atoms. The number of imide groups is 1. The summed E-state index contributed by atoms with van der Waals surface area (Å²) >= 11 is 0.813. The van der Waals surface area contributed by atoms with Crippen LogP contribution in [0.5, 0.6) is 0 Å². The summed E-state index contributed by atoms with van der Waals surface area (Å²) < 4.78 is 80.0. The molecule has 5 rings (SSSR count). The Bertz CT molecular complexity index is 1550. The van der Waals surface area contributed by atoms with Gasteiger partial charge in [0.25, 0.3) is 11.1 Å². The Morgan fingerprint density at radius 1 is 0.977 bits per heavy atom. The number of amides is 2. The van der Waals surface area contributed by atoms with Gasteiger partial charge in [-0.3, -0.25) is 19.9 Å². The Hall–Kier alpha value is -3.98. The predicted octanol–water partition coefficient (Wildman–Crippen LogP) is 5.91. The van der Waals surface area contributed by atoms with E-state index in [0.717, 1.165) is 30.7 Å². The minimum atomic E-state index is -4.99. The number of hydrogen-bond acceptors (Lipinski definition) is 8. The molecule has 0 atom stereocenters. The number of hydrogen-bond donors (Lipinski definition) is 2. The van der Waals surface area contributed by atoms with Gasteiger partial charge in [0.05, 0.1) is 27.4 Å². The number of piperidine rings is 1. The first-order valence-electron chi connectivity index (χ1n) is 13.1. The van der Waals surface area contributed by atoms with Crippen molar-refractivity contribution >= 4 is 34.9 Å². The fourth-order valence-electron chi connectivity index (χ4n) is 4.82. The van der Waals surface area contributed by atoms with Gasteiger partial charge >= 0.3 is 12.4 Å². The third kappa shape index (κ3) is 7.51. The Balaban J connectivity index is 1.16. The number of aromatic nitrogens is 3. The average Bonchev–Trinajstić information content (AvgIpc) is 3.28. The Morgan fingerprint density at radius 2 is 1.72 bits per heavy atom. The van der Waals surface area contributed by atoms with E-state index < -0.39 is 40.2 Å². The Labute approximate surface area is 246 Å². The van der Waals surface area contributed by atoms with Crippen LogP contribution in [0.4, 0.5) is 37.1 Å². The number of carbonyl (C=O) groups is 2. The summed E-state index contributed by atoms with van der Waals surface area (Å²) in [7, 11) is 0. The summed E-state index contributed by atoms with van der Waals surface area (Å²) in [6.07, 6.45) is -3.77. The lowest BCUT2D eigenvalue weighted by Crippen LogP contribution is -2.38. The van der Waals surface area contributed by atoms with E-state index in [2.05, 4.69) is 25.6 Å². The van der Waals surface area contributed by atoms with Crippen LogP contribution in [-0.2, 0) is 23.7 Å². The molecular formula is C28H24F6N6O2S.